The molecule has 0 amide bonds. The summed E-state index contributed by atoms with van der Waals surface area (Å²) in [4.78, 5) is 0. The molecule has 0 radical (unpaired) electrons. The molecule has 0 bridgehead atoms. The van der Waals surface area contributed by atoms with Gasteiger partial charge in [0.15, 0.2) is 0 Å². The van der Waals surface area contributed by atoms with Gasteiger partial charge in [-0.1, -0.05) is 0 Å². The molecule has 0 aromatic heterocycles. The van der Waals surface area contributed by atoms with Crippen molar-refractivity contribution < 1.29 is 9.84 Å². The van der Waals surface area contributed by atoms with E-state index in [0.717, 1.165) is 19.3 Å². The van der Waals surface area contributed by atoms with Crippen LogP contribution in [0.2, 0.25) is 0 Å². The average molecular weight is 243 g/mol. The predicted octanol–water partition coefficient (Wildman–Crippen LogP) is 2.33. The van der Waals surface area contributed by atoms with Gasteiger partial charge in [-0.2, -0.15) is 0 Å². The van der Waals surface area contributed by atoms with E-state index in [1.165, 1.54) is 12.8 Å². The van der Waals surface area contributed by atoms with Gasteiger partial charge in [-0.15, -0.1) is 0 Å². The first kappa shape index (κ1) is 14.9. The van der Waals surface area contributed by atoms with Gasteiger partial charge < -0.3 is 15.2 Å². The normalized spacial score (nSPS) is 28.1. The minimum atomic E-state index is -0.0469. The van der Waals surface area contributed by atoms with Crippen molar-refractivity contribution in [3.8, 4) is 0 Å². The number of methoxy groups -OCH3 is 1. The van der Waals surface area contributed by atoms with Crippen molar-refractivity contribution in [2.75, 3.05) is 13.7 Å². The molecule has 3 nitrogen and oxygen atoms in total. The first-order valence-corrected chi connectivity index (χ1v) is 6.89. The maximum Gasteiger partial charge on any atom is 0.0637 e. The molecule has 1 atom stereocenters. The zero-order valence-corrected chi connectivity index (χ0v) is 11.8. The summed E-state index contributed by atoms with van der Waals surface area (Å²) in [6.45, 7) is 6.86. The molecule has 0 spiro atoms. The van der Waals surface area contributed by atoms with Crippen LogP contribution in [0.1, 0.15) is 52.9 Å². The second-order valence-corrected chi connectivity index (χ2v) is 6.14. The van der Waals surface area contributed by atoms with Crippen LogP contribution in [-0.2, 0) is 4.74 Å². The van der Waals surface area contributed by atoms with Crippen LogP contribution in [0.15, 0.2) is 0 Å². The number of hydrogen-bond acceptors (Lipinski definition) is 3. The van der Waals surface area contributed by atoms with Gasteiger partial charge in [0.1, 0.15) is 0 Å². The molecule has 1 rings (SSSR count). The van der Waals surface area contributed by atoms with Crippen LogP contribution < -0.4 is 5.32 Å². The zero-order valence-electron chi connectivity index (χ0n) is 11.8. The van der Waals surface area contributed by atoms with E-state index in [9.17, 15) is 0 Å². The van der Waals surface area contributed by atoms with Gasteiger partial charge in [0.2, 0.25) is 0 Å². The summed E-state index contributed by atoms with van der Waals surface area (Å²) < 4.78 is 5.46. The fourth-order valence-electron chi connectivity index (χ4n) is 2.79. The SMILES string of the molecule is COC(C)(C)CC(C)NC1CCC(CO)CC1. The molecule has 3 heteroatoms. The maximum atomic E-state index is 9.11. The minimum absolute atomic E-state index is 0.0469. The Morgan fingerprint density at radius 1 is 1.29 bits per heavy atom. The Balaban J connectivity index is 2.25. The van der Waals surface area contributed by atoms with Crippen molar-refractivity contribution in [2.24, 2.45) is 5.92 Å². The summed E-state index contributed by atoms with van der Waals surface area (Å²) in [5.41, 5.74) is -0.0469. The zero-order chi connectivity index (χ0) is 12.9. The first-order chi connectivity index (χ1) is 7.96. The lowest BCUT2D eigenvalue weighted by atomic mass is 9.86. The van der Waals surface area contributed by atoms with Crippen molar-refractivity contribution in [2.45, 2.75) is 70.6 Å². The molecule has 0 saturated heterocycles. The van der Waals surface area contributed by atoms with E-state index in [1.807, 2.05) is 0 Å². The Hall–Kier alpha value is -0.120. The van der Waals surface area contributed by atoms with Crippen LogP contribution in [0.3, 0.4) is 0 Å². The highest BCUT2D eigenvalue weighted by Gasteiger charge is 2.24. The van der Waals surface area contributed by atoms with Crippen LogP contribution in [0.5, 0.6) is 0 Å². The lowest BCUT2D eigenvalue weighted by molar-refractivity contribution is 0.00700. The van der Waals surface area contributed by atoms with Crippen LogP contribution in [0.4, 0.5) is 0 Å². The van der Waals surface area contributed by atoms with Crippen molar-refractivity contribution in [3.05, 3.63) is 0 Å². The van der Waals surface area contributed by atoms with Crippen molar-refractivity contribution in [1.82, 2.24) is 5.32 Å². The summed E-state index contributed by atoms with van der Waals surface area (Å²) in [5, 5.41) is 12.8. The Labute approximate surface area is 106 Å². The highest BCUT2D eigenvalue weighted by molar-refractivity contribution is 4.82. The minimum Gasteiger partial charge on any atom is -0.396 e. The van der Waals surface area contributed by atoms with Gasteiger partial charge in [-0.25, -0.2) is 0 Å². The maximum absolute atomic E-state index is 9.11. The molecule has 102 valence electrons. The summed E-state index contributed by atoms with van der Waals surface area (Å²) >= 11 is 0. The third-order valence-electron chi connectivity index (χ3n) is 3.98. The van der Waals surface area contributed by atoms with Gasteiger partial charge in [-0.05, 0) is 58.8 Å². The highest BCUT2D eigenvalue weighted by atomic mass is 16.5. The highest BCUT2D eigenvalue weighted by Crippen LogP contribution is 2.25. The lowest BCUT2D eigenvalue weighted by Gasteiger charge is -2.33. The van der Waals surface area contributed by atoms with Crippen LogP contribution in [0, 0.1) is 5.92 Å². The second kappa shape index (κ2) is 6.72. The van der Waals surface area contributed by atoms with Gasteiger partial charge in [0.25, 0.3) is 0 Å². The Kier molecular flexibility index (Phi) is 5.90. The van der Waals surface area contributed by atoms with Crippen LogP contribution in [-0.4, -0.2) is 36.5 Å². The second-order valence-electron chi connectivity index (χ2n) is 6.14. The van der Waals surface area contributed by atoms with E-state index in [2.05, 4.69) is 26.1 Å². The number of nitrogens with one attached hydrogen (secondary N) is 1. The third kappa shape index (κ3) is 5.36. The van der Waals surface area contributed by atoms with E-state index < -0.39 is 0 Å². The fourth-order valence-corrected chi connectivity index (χ4v) is 2.79. The molecule has 2 N–H and O–H groups in total. The topological polar surface area (TPSA) is 41.5 Å². The molecule has 0 aliphatic heterocycles. The molecule has 0 heterocycles. The molecule has 0 aromatic rings. The number of ether oxygens (including phenoxy) is 1. The number of aliphatic hydroxyl groups is 1. The monoisotopic (exact) mass is 243 g/mol. The average Bonchev–Trinajstić information content (AvgIpc) is 2.29. The van der Waals surface area contributed by atoms with Crippen molar-refractivity contribution in [3.63, 3.8) is 0 Å². The Bertz CT molecular complexity index is 210. The summed E-state index contributed by atoms with van der Waals surface area (Å²) in [7, 11) is 1.78. The molecule has 1 saturated carbocycles. The molecular weight excluding hydrogens is 214 g/mol. The summed E-state index contributed by atoms with van der Waals surface area (Å²) in [6.07, 6.45) is 5.75. The lowest BCUT2D eigenvalue weighted by Crippen LogP contribution is -2.43. The van der Waals surface area contributed by atoms with Crippen LogP contribution in [0.25, 0.3) is 0 Å². The first-order valence-electron chi connectivity index (χ1n) is 6.89. The summed E-state index contributed by atoms with van der Waals surface area (Å²) in [5.74, 6) is 0.541. The van der Waals surface area contributed by atoms with E-state index in [4.69, 9.17) is 9.84 Å². The van der Waals surface area contributed by atoms with Crippen molar-refractivity contribution >= 4 is 0 Å². The molecule has 17 heavy (non-hydrogen) atoms. The molecule has 1 aliphatic rings. The van der Waals surface area contributed by atoms with E-state index >= 15 is 0 Å². The quantitative estimate of drug-likeness (QED) is 0.752. The van der Waals surface area contributed by atoms with Gasteiger partial charge in [0.05, 0.1) is 5.60 Å². The van der Waals surface area contributed by atoms with Crippen LogP contribution >= 0.6 is 0 Å². The Morgan fingerprint density at radius 2 is 1.88 bits per heavy atom. The van der Waals surface area contributed by atoms with E-state index in [1.54, 1.807) is 7.11 Å². The smallest absolute Gasteiger partial charge is 0.0637 e. The molecule has 1 aliphatic carbocycles. The van der Waals surface area contributed by atoms with Gasteiger partial charge in [-0.3, -0.25) is 0 Å². The largest absolute Gasteiger partial charge is 0.396 e. The fraction of sp³-hybridized carbons (Fsp3) is 1.00. The van der Waals surface area contributed by atoms with Crippen molar-refractivity contribution in [1.29, 1.82) is 0 Å². The van der Waals surface area contributed by atoms with E-state index in [0.29, 0.717) is 24.6 Å². The molecule has 1 fully saturated rings. The number of rotatable bonds is 6. The number of hydrogen-bond donors (Lipinski definition) is 2. The number of aliphatic hydroxyl groups excluding tert-OH is 1. The standard InChI is InChI=1S/C14H29NO2/c1-11(9-14(2,3)17-4)15-13-7-5-12(10-16)6-8-13/h11-13,15-16H,5-10H2,1-4H3. The van der Waals surface area contributed by atoms with Gasteiger partial charge >= 0.3 is 0 Å². The summed E-state index contributed by atoms with van der Waals surface area (Å²) in [6, 6.07) is 1.11. The Morgan fingerprint density at radius 3 is 2.35 bits per heavy atom. The predicted molar refractivity (Wildman–Crippen MR) is 71.1 cm³/mol. The molecular formula is C14H29NO2. The van der Waals surface area contributed by atoms with Gasteiger partial charge in [0, 0.05) is 25.8 Å². The third-order valence-corrected chi connectivity index (χ3v) is 3.98. The molecule has 1 unspecified atom stereocenters. The molecule has 0 aromatic carbocycles. The van der Waals surface area contributed by atoms with E-state index in [-0.39, 0.29) is 5.60 Å².